The van der Waals surface area contributed by atoms with Gasteiger partial charge in [-0.1, -0.05) is 25.8 Å². The molecule has 3 rings (SSSR count). The van der Waals surface area contributed by atoms with Crippen LogP contribution in [0.1, 0.15) is 53.7 Å². The summed E-state index contributed by atoms with van der Waals surface area (Å²) in [6, 6.07) is 7.55. The van der Waals surface area contributed by atoms with E-state index >= 15 is 0 Å². The molecule has 1 atom stereocenters. The summed E-state index contributed by atoms with van der Waals surface area (Å²) in [6.07, 6.45) is 1.60. The number of fused-ring (bicyclic) bond motifs is 1. The molecule has 3 aromatic rings. The number of phenols is 1. The zero-order valence-electron chi connectivity index (χ0n) is 16.1. The van der Waals surface area contributed by atoms with Crippen molar-refractivity contribution in [2.24, 2.45) is 0 Å². The molecule has 0 amide bonds. The number of nitrogens with zero attached hydrogens (tertiary/aromatic N) is 1. The second kappa shape index (κ2) is 8.03. The molecule has 0 aliphatic carbocycles. The molecule has 0 aliphatic rings. The number of benzene rings is 2. The van der Waals surface area contributed by atoms with Crippen LogP contribution < -0.4 is 0 Å². The summed E-state index contributed by atoms with van der Waals surface area (Å²) in [5.74, 6) is -5.00. The minimum absolute atomic E-state index is 0.0467. The van der Waals surface area contributed by atoms with Gasteiger partial charge in [-0.05, 0) is 49.2 Å². The Morgan fingerprint density at radius 3 is 2.52 bits per heavy atom. The molecule has 0 saturated carbocycles. The molecule has 2 aromatic carbocycles. The number of hydrogen-bond acceptors (Lipinski definition) is 3. The first-order valence-electron chi connectivity index (χ1n) is 9.33. The third kappa shape index (κ3) is 3.60. The fourth-order valence-corrected chi connectivity index (χ4v) is 3.72. The highest BCUT2D eigenvalue weighted by Gasteiger charge is 2.31. The van der Waals surface area contributed by atoms with Crippen LogP contribution in [-0.4, -0.2) is 26.7 Å². The average Bonchev–Trinajstić information content (AvgIpc) is 2.97. The van der Waals surface area contributed by atoms with Crippen molar-refractivity contribution >= 4 is 22.8 Å². The van der Waals surface area contributed by atoms with E-state index in [0.29, 0.717) is 6.42 Å². The number of carboxylic acid groups (broad SMARTS) is 1. The van der Waals surface area contributed by atoms with Crippen LogP contribution in [0.5, 0.6) is 5.75 Å². The Bertz CT molecular complexity index is 1100. The highest BCUT2D eigenvalue weighted by atomic mass is 19.1. The van der Waals surface area contributed by atoms with Crippen LogP contribution in [0.2, 0.25) is 0 Å². The highest BCUT2D eigenvalue weighted by molar-refractivity contribution is 6.05. The molecule has 2 N–H and O–H groups in total. The second-order valence-corrected chi connectivity index (χ2v) is 6.98. The molecule has 0 radical (unpaired) electrons. The maximum Gasteiger partial charge on any atom is 0.311 e. The van der Waals surface area contributed by atoms with E-state index in [4.69, 9.17) is 0 Å². The first-order chi connectivity index (χ1) is 13.8. The number of halogens is 2. The van der Waals surface area contributed by atoms with E-state index in [-0.39, 0.29) is 34.1 Å². The van der Waals surface area contributed by atoms with Crippen molar-refractivity contribution in [1.29, 1.82) is 0 Å². The van der Waals surface area contributed by atoms with Crippen molar-refractivity contribution in [2.75, 3.05) is 0 Å². The largest absolute Gasteiger partial charge is 0.505 e. The summed E-state index contributed by atoms with van der Waals surface area (Å²) < 4.78 is 29.7. The number of aromatic nitrogens is 1. The molecular formula is C22H21F2NO4. The van der Waals surface area contributed by atoms with Gasteiger partial charge in [0.2, 0.25) is 0 Å². The third-order valence-electron chi connectivity index (χ3n) is 5.10. The van der Waals surface area contributed by atoms with Gasteiger partial charge < -0.3 is 10.2 Å². The molecule has 1 aromatic heterocycles. The van der Waals surface area contributed by atoms with Gasteiger partial charge in [-0.25, -0.2) is 8.78 Å². The Balaban J connectivity index is 2.32. The summed E-state index contributed by atoms with van der Waals surface area (Å²) in [6.45, 7) is 3.44. The predicted octanol–water partition coefficient (Wildman–Crippen LogP) is 4.98. The Kier molecular flexibility index (Phi) is 5.68. The molecule has 0 saturated heterocycles. The van der Waals surface area contributed by atoms with Crippen LogP contribution in [-0.2, 0) is 4.79 Å². The van der Waals surface area contributed by atoms with Gasteiger partial charge in [-0.2, -0.15) is 0 Å². The molecule has 0 spiro atoms. The molecular weight excluding hydrogens is 380 g/mol. The van der Waals surface area contributed by atoms with Gasteiger partial charge >= 0.3 is 5.97 Å². The minimum atomic E-state index is -1.14. The second-order valence-electron chi connectivity index (χ2n) is 6.98. The number of hydrogen-bond donors (Lipinski definition) is 2. The van der Waals surface area contributed by atoms with Gasteiger partial charge in [0.25, 0.3) is 5.91 Å². The minimum Gasteiger partial charge on any atom is -0.505 e. The average molecular weight is 401 g/mol. The zero-order valence-corrected chi connectivity index (χ0v) is 16.1. The number of aromatic hydroxyl groups is 1. The summed E-state index contributed by atoms with van der Waals surface area (Å²) >= 11 is 0. The van der Waals surface area contributed by atoms with Gasteiger partial charge in [0.05, 0.1) is 11.4 Å². The molecule has 29 heavy (non-hydrogen) atoms. The molecule has 152 valence electrons. The Hall–Kier alpha value is -3.22. The normalized spacial score (nSPS) is 12.3. The maximum atomic E-state index is 14.9. The van der Waals surface area contributed by atoms with Gasteiger partial charge in [0, 0.05) is 16.6 Å². The first-order valence-corrected chi connectivity index (χ1v) is 9.33. The zero-order chi connectivity index (χ0) is 21.3. The van der Waals surface area contributed by atoms with Crippen molar-refractivity contribution in [3.05, 3.63) is 64.9 Å². The Morgan fingerprint density at radius 1 is 1.17 bits per heavy atom. The van der Waals surface area contributed by atoms with Crippen molar-refractivity contribution in [3.63, 3.8) is 0 Å². The fourth-order valence-electron chi connectivity index (χ4n) is 3.72. The number of rotatable bonds is 6. The van der Waals surface area contributed by atoms with Gasteiger partial charge in [0.15, 0.2) is 11.6 Å². The van der Waals surface area contributed by atoms with Crippen molar-refractivity contribution < 1.29 is 28.6 Å². The van der Waals surface area contributed by atoms with E-state index < -0.39 is 35.2 Å². The number of unbranched alkanes of at least 4 members (excludes halogenated alkanes) is 1. The lowest BCUT2D eigenvalue weighted by Crippen LogP contribution is -2.16. The summed E-state index contributed by atoms with van der Waals surface area (Å²) in [4.78, 5) is 25.1. The molecule has 5 nitrogen and oxygen atoms in total. The van der Waals surface area contributed by atoms with Crippen LogP contribution in [0, 0.1) is 18.6 Å². The van der Waals surface area contributed by atoms with Crippen LogP contribution in [0.3, 0.4) is 0 Å². The van der Waals surface area contributed by atoms with Crippen molar-refractivity contribution in [2.45, 2.75) is 39.0 Å². The molecule has 0 aliphatic heterocycles. The lowest BCUT2D eigenvalue weighted by atomic mass is 9.91. The molecule has 1 heterocycles. The standard InChI is InChI=1S/C22H21F2NO4/c1-3-4-8-15(22(28)29)18-12(2)25(16-9-10-17(26)20(24)19(16)18)21(27)13-6-5-7-14(23)11-13/h5-7,9-11,15,26H,3-4,8H2,1-2H3,(H,28,29)/t15-/m0/s1. The quantitative estimate of drug-likeness (QED) is 0.611. The molecule has 0 unspecified atom stereocenters. The van der Waals surface area contributed by atoms with Crippen LogP contribution >= 0.6 is 0 Å². The summed E-state index contributed by atoms with van der Waals surface area (Å²) in [7, 11) is 0. The van der Waals surface area contributed by atoms with Gasteiger partial charge in [-0.3, -0.25) is 14.2 Å². The first kappa shape index (κ1) is 20.5. The smallest absolute Gasteiger partial charge is 0.311 e. The number of carbonyl (C=O) groups excluding carboxylic acids is 1. The number of phenolic OH excluding ortho intramolecular Hbond substituents is 1. The lowest BCUT2D eigenvalue weighted by Gasteiger charge is -2.14. The predicted molar refractivity (Wildman–Crippen MR) is 104 cm³/mol. The maximum absolute atomic E-state index is 14.9. The van der Waals surface area contributed by atoms with E-state index in [1.54, 1.807) is 0 Å². The van der Waals surface area contributed by atoms with Crippen molar-refractivity contribution in [1.82, 2.24) is 4.57 Å². The lowest BCUT2D eigenvalue weighted by molar-refractivity contribution is -0.139. The van der Waals surface area contributed by atoms with E-state index in [0.717, 1.165) is 18.6 Å². The van der Waals surface area contributed by atoms with E-state index in [9.17, 15) is 28.6 Å². The topological polar surface area (TPSA) is 79.5 Å². The van der Waals surface area contributed by atoms with E-state index in [1.807, 2.05) is 6.92 Å². The van der Waals surface area contributed by atoms with E-state index in [2.05, 4.69) is 0 Å². The molecule has 0 fully saturated rings. The van der Waals surface area contributed by atoms with Crippen molar-refractivity contribution in [3.8, 4) is 5.75 Å². The van der Waals surface area contributed by atoms with Crippen LogP contribution in [0.4, 0.5) is 8.78 Å². The number of carbonyl (C=O) groups is 2. The Labute approximate surface area is 166 Å². The highest BCUT2D eigenvalue weighted by Crippen LogP contribution is 2.39. The number of aliphatic carboxylic acids is 1. The van der Waals surface area contributed by atoms with Crippen LogP contribution in [0.15, 0.2) is 36.4 Å². The summed E-state index contributed by atoms with van der Waals surface area (Å²) in [5.41, 5.74) is 0.580. The fraction of sp³-hybridized carbons (Fsp3) is 0.273. The molecule has 7 heteroatoms. The van der Waals surface area contributed by atoms with Crippen LogP contribution in [0.25, 0.3) is 10.9 Å². The van der Waals surface area contributed by atoms with Gasteiger partial charge in [-0.15, -0.1) is 0 Å². The van der Waals surface area contributed by atoms with Gasteiger partial charge in [0.1, 0.15) is 5.82 Å². The third-order valence-corrected chi connectivity index (χ3v) is 5.10. The van der Waals surface area contributed by atoms with E-state index in [1.165, 1.54) is 35.8 Å². The summed E-state index contributed by atoms with van der Waals surface area (Å²) in [5, 5.41) is 19.5. The Morgan fingerprint density at radius 2 is 1.90 bits per heavy atom. The monoisotopic (exact) mass is 401 g/mol. The SMILES string of the molecule is CCCC[C@H](C(=O)O)c1c(C)n(C(=O)c2cccc(F)c2)c2ccc(O)c(F)c12. The molecule has 0 bridgehead atoms. The number of carboxylic acids is 1.